The molecule has 4 nitrogen and oxygen atoms in total. The highest BCUT2D eigenvalue weighted by atomic mass is 32.2. The van der Waals surface area contributed by atoms with E-state index in [9.17, 15) is 8.42 Å². The Bertz CT molecular complexity index is 635. The second kappa shape index (κ2) is 3.77. The summed E-state index contributed by atoms with van der Waals surface area (Å²) in [5.41, 5.74) is 1.15. The van der Waals surface area contributed by atoms with Crippen molar-refractivity contribution in [2.24, 2.45) is 5.14 Å². The summed E-state index contributed by atoms with van der Waals surface area (Å²) in [6, 6.07) is 10.9. The molecule has 0 unspecified atom stereocenters. The van der Waals surface area contributed by atoms with Gasteiger partial charge in [-0.2, -0.15) is 13.6 Å². The summed E-state index contributed by atoms with van der Waals surface area (Å²) in [5, 5.41) is 6.72. The van der Waals surface area contributed by atoms with E-state index in [2.05, 4.69) is 4.18 Å². The third kappa shape index (κ3) is 2.50. The Labute approximate surface area is 93.9 Å². The fraction of sp³-hybridized carbons (Fsp3) is 0.0909. The van der Waals surface area contributed by atoms with E-state index in [0.29, 0.717) is 0 Å². The van der Waals surface area contributed by atoms with Crippen LogP contribution < -0.4 is 9.32 Å². The zero-order chi connectivity index (χ0) is 11.8. The van der Waals surface area contributed by atoms with E-state index in [1.54, 1.807) is 18.2 Å². The quantitative estimate of drug-likeness (QED) is 0.864. The summed E-state index contributed by atoms with van der Waals surface area (Å²) in [6.07, 6.45) is 0. The van der Waals surface area contributed by atoms with Gasteiger partial charge in [0, 0.05) is 0 Å². The lowest BCUT2D eigenvalue weighted by Crippen LogP contribution is -2.18. The van der Waals surface area contributed by atoms with Crippen molar-refractivity contribution < 1.29 is 12.6 Å². The minimum atomic E-state index is -3.95. The van der Waals surface area contributed by atoms with Crippen molar-refractivity contribution in [3.05, 3.63) is 42.0 Å². The first-order valence-electron chi connectivity index (χ1n) is 4.67. The highest BCUT2D eigenvalue weighted by molar-refractivity contribution is 7.84. The normalized spacial score (nSPS) is 11.6. The van der Waals surface area contributed by atoms with Crippen LogP contribution in [0.5, 0.6) is 5.75 Å². The zero-order valence-electron chi connectivity index (χ0n) is 8.67. The Morgan fingerprint density at radius 3 is 2.38 bits per heavy atom. The summed E-state index contributed by atoms with van der Waals surface area (Å²) in [4.78, 5) is 0. The average molecular weight is 237 g/mol. The molecular weight excluding hydrogens is 226 g/mol. The Balaban J connectivity index is 2.49. The second-order valence-electron chi connectivity index (χ2n) is 3.59. The summed E-state index contributed by atoms with van der Waals surface area (Å²) in [7, 11) is -3.95. The van der Waals surface area contributed by atoms with E-state index in [0.717, 1.165) is 16.3 Å². The molecule has 2 rings (SSSR count). The zero-order valence-corrected chi connectivity index (χ0v) is 9.49. The van der Waals surface area contributed by atoms with Crippen molar-refractivity contribution in [2.45, 2.75) is 6.92 Å². The van der Waals surface area contributed by atoms with Gasteiger partial charge in [-0.1, -0.05) is 29.8 Å². The SMILES string of the molecule is Cc1ccc2cc(OS(N)(=O)=O)ccc2c1. The number of aryl methyl sites for hydroxylation is 1. The predicted octanol–water partition coefficient (Wildman–Crippen LogP) is 1.73. The van der Waals surface area contributed by atoms with Crippen LogP contribution in [0.2, 0.25) is 0 Å². The molecule has 84 valence electrons. The molecule has 16 heavy (non-hydrogen) atoms. The number of benzene rings is 2. The first kappa shape index (κ1) is 10.9. The standard InChI is InChI=1S/C11H11NO3S/c1-8-2-3-10-7-11(15-16(12,13)14)5-4-9(10)6-8/h2-7H,1H3,(H2,12,13,14). The summed E-state index contributed by atoms with van der Waals surface area (Å²) in [6.45, 7) is 1.99. The molecule has 0 aromatic heterocycles. The van der Waals surface area contributed by atoms with E-state index >= 15 is 0 Å². The molecule has 0 aliphatic rings. The fourth-order valence-corrected chi connectivity index (χ4v) is 1.90. The third-order valence-electron chi connectivity index (χ3n) is 2.18. The number of rotatable bonds is 2. The number of hydrogen-bond acceptors (Lipinski definition) is 3. The third-order valence-corrected chi connectivity index (χ3v) is 2.60. The molecule has 5 heteroatoms. The molecule has 0 amide bonds. The molecule has 0 fully saturated rings. The molecule has 2 N–H and O–H groups in total. The molecular formula is C11H11NO3S. The van der Waals surface area contributed by atoms with E-state index in [4.69, 9.17) is 5.14 Å². The van der Waals surface area contributed by atoms with Crippen LogP contribution in [0.4, 0.5) is 0 Å². The van der Waals surface area contributed by atoms with Gasteiger partial charge in [-0.25, -0.2) is 0 Å². The maximum absolute atomic E-state index is 10.7. The molecule has 2 aromatic rings. The van der Waals surface area contributed by atoms with Gasteiger partial charge in [0.25, 0.3) is 0 Å². The topological polar surface area (TPSA) is 69.4 Å². The summed E-state index contributed by atoms with van der Waals surface area (Å²) in [5.74, 6) is 0.221. The molecule has 0 saturated carbocycles. The van der Waals surface area contributed by atoms with E-state index < -0.39 is 10.3 Å². The van der Waals surface area contributed by atoms with Gasteiger partial charge in [0.2, 0.25) is 0 Å². The van der Waals surface area contributed by atoms with Gasteiger partial charge in [0.15, 0.2) is 0 Å². The van der Waals surface area contributed by atoms with Gasteiger partial charge in [0.1, 0.15) is 5.75 Å². The first-order chi connectivity index (χ1) is 7.44. The van der Waals surface area contributed by atoms with E-state index in [-0.39, 0.29) is 5.75 Å². The molecule has 2 aromatic carbocycles. The number of nitrogens with two attached hydrogens (primary N) is 1. The van der Waals surface area contributed by atoms with Crippen molar-refractivity contribution in [3.8, 4) is 5.75 Å². The van der Waals surface area contributed by atoms with Crippen LogP contribution in [0.25, 0.3) is 10.8 Å². The van der Waals surface area contributed by atoms with Crippen LogP contribution in [0, 0.1) is 6.92 Å². The van der Waals surface area contributed by atoms with Gasteiger partial charge in [-0.3, -0.25) is 0 Å². The average Bonchev–Trinajstić information content (AvgIpc) is 2.16. The van der Waals surface area contributed by atoms with Gasteiger partial charge >= 0.3 is 10.3 Å². The second-order valence-corrected chi connectivity index (χ2v) is 4.74. The first-order valence-corrected chi connectivity index (χ1v) is 6.14. The minimum Gasteiger partial charge on any atom is -0.371 e. The molecule has 0 aliphatic carbocycles. The molecule has 0 radical (unpaired) electrons. The lowest BCUT2D eigenvalue weighted by Gasteiger charge is -2.04. The molecule has 0 spiro atoms. The Kier molecular flexibility index (Phi) is 2.57. The van der Waals surface area contributed by atoms with E-state index in [1.165, 1.54) is 0 Å². The monoisotopic (exact) mass is 237 g/mol. The van der Waals surface area contributed by atoms with Crippen LogP contribution in [-0.4, -0.2) is 8.42 Å². The van der Waals surface area contributed by atoms with Crippen LogP contribution in [0.1, 0.15) is 5.56 Å². The van der Waals surface area contributed by atoms with Crippen LogP contribution in [0.3, 0.4) is 0 Å². The molecule has 0 heterocycles. The molecule has 0 saturated heterocycles. The Morgan fingerprint density at radius 2 is 1.69 bits per heavy atom. The van der Waals surface area contributed by atoms with Gasteiger partial charge in [0.05, 0.1) is 0 Å². The van der Waals surface area contributed by atoms with Crippen LogP contribution in [0.15, 0.2) is 36.4 Å². The van der Waals surface area contributed by atoms with Crippen molar-refractivity contribution >= 4 is 21.1 Å². The van der Waals surface area contributed by atoms with Crippen molar-refractivity contribution in [1.29, 1.82) is 0 Å². The lowest BCUT2D eigenvalue weighted by atomic mass is 10.1. The van der Waals surface area contributed by atoms with Crippen LogP contribution >= 0.6 is 0 Å². The smallest absolute Gasteiger partial charge is 0.371 e. The molecule has 0 bridgehead atoms. The highest BCUT2D eigenvalue weighted by Crippen LogP contribution is 2.22. The van der Waals surface area contributed by atoms with Gasteiger partial charge in [-0.05, 0) is 29.8 Å². The molecule has 0 aliphatic heterocycles. The Morgan fingerprint density at radius 1 is 1.06 bits per heavy atom. The van der Waals surface area contributed by atoms with E-state index in [1.807, 2.05) is 25.1 Å². The molecule has 0 atom stereocenters. The largest absolute Gasteiger partial charge is 0.380 e. The number of fused-ring (bicyclic) bond motifs is 1. The minimum absolute atomic E-state index is 0.221. The van der Waals surface area contributed by atoms with Crippen molar-refractivity contribution in [3.63, 3.8) is 0 Å². The summed E-state index contributed by atoms with van der Waals surface area (Å²) < 4.78 is 26.1. The predicted molar refractivity (Wildman–Crippen MR) is 62.4 cm³/mol. The maximum atomic E-state index is 10.7. The van der Waals surface area contributed by atoms with Gasteiger partial charge < -0.3 is 4.18 Å². The lowest BCUT2D eigenvalue weighted by molar-refractivity contribution is 0.488. The fourth-order valence-electron chi connectivity index (χ4n) is 1.53. The van der Waals surface area contributed by atoms with Gasteiger partial charge in [-0.15, -0.1) is 0 Å². The maximum Gasteiger partial charge on any atom is 0.380 e. The van der Waals surface area contributed by atoms with Crippen molar-refractivity contribution in [2.75, 3.05) is 0 Å². The highest BCUT2D eigenvalue weighted by Gasteiger charge is 2.05. The van der Waals surface area contributed by atoms with Crippen molar-refractivity contribution in [1.82, 2.24) is 0 Å². The summed E-state index contributed by atoms with van der Waals surface area (Å²) >= 11 is 0. The number of hydrogen-bond donors (Lipinski definition) is 1. The Hall–Kier alpha value is -1.59. The van der Waals surface area contributed by atoms with Crippen LogP contribution in [-0.2, 0) is 10.3 Å².